The van der Waals surface area contributed by atoms with Gasteiger partial charge in [0, 0.05) is 0 Å². The predicted molar refractivity (Wildman–Crippen MR) is 195 cm³/mol. The molecule has 256 valence electrons. The Balaban J connectivity index is 1.72. The normalized spacial score (nSPS) is 12.6. The van der Waals surface area contributed by atoms with Crippen molar-refractivity contribution in [2.45, 2.75) is 218 Å². The monoisotopic (exact) mass is 613 g/mol. The van der Waals surface area contributed by atoms with Crippen LogP contribution in [0.3, 0.4) is 0 Å². The van der Waals surface area contributed by atoms with Gasteiger partial charge < -0.3 is 9.84 Å². The lowest BCUT2D eigenvalue weighted by Gasteiger charge is -2.19. The van der Waals surface area contributed by atoms with Gasteiger partial charge in [-0.2, -0.15) is 0 Å². The summed E-state index contributed by atoms with van der Waals surface area (Å²) >= 11 is 0. The van der Waals surface area contributed by atoms with Gasteiger partial charge in [-0.25, -0.2) is 0 Å². The van der Waals surface area contributed by atoms with E-state index in [1.807, 2.05) is 12.1 Å². The molecule has 2 radical (unpaired) electrons. The molecule has 44 heavy (non-hydrogen) atoms. The highest BCUT2D eigenvalue weighted by atomic mass is 16.5. The Bertz CT molecular complexity index is 703. The van der Waals surface area contributed by atoms with Crippen molar-refractivity contribution in [2.75, 3.05) is 6.61 Å². The van der Waals surface area contributed by atoms with Gasteiger partial charge in [-0.3, -0.25) is 0 Å². The average molecular weight is 613 g/mol. The highest BCUT2D eigenvalue weighted by Crippen LogP contribution is 2.24. The molecule has 0 saturated heterocycles. The van der Waals surface area contributed by atoms with Crippen LogP contribution in [0.25, 0.3) is 0 Å². The van der Waals surface area contributed by atoms with E-state index >= 15 is 0 Å². The van der Waals surface area contributed by atoms with E-state index in [1.54, 1.807) is 0 Å². The van der Waals surface area contributed by atoms with Crippen molar-refractivity contribution in [3.8, 4) is 5.75 Å². The lowest BCUT2D eigenvalue weighted by Crippen LogP contribution is -2.17. The minimum atomic E-state index is -0.362. The molecular weight excluding hydrogens is 536 g/mol. The second-order valence-electron chi connectivity index (χ2n) is 14.9. The fourth-order valence-electron chi connectivity index (χ4n) is 6.27. The molecule has 1 aromatic carbocycles. The zero-order chi connectivity index (χ0) is 32.0. The van der Waals surface area contributed by atoms with Gasteiger partial charge in [0.05, 0.1) is 6.10 Å². The second kappa shape index (κ2) is 29.4. The van der Waals surface area contributed by atoms with Crippen LogP contribution in [-0.4, -0.2) is 17.8 Å². The summed E-state index contributed by atoms with van der Waals surface area (Å²) in [6.07, 6.45) is 39.1. The number of rotatable bonds is 32. The van der Waals surface area contributed by atoms with Gasteiger partial charge in [0.1, 0.15) is 12.4 Å². The minimum Gasteiger partial charge on any atom is -0.491 e. The molecule has 0 spiro atoms. The summed E-state index contributed by atoms with van der Waals surface area (Å²) < 4.78 is 5.80. The van der Waals surface area contributed by atoms with E-state index in [-0.39, 0.29) is 11.5 Å². The highest BCUT2D eigenvalue weighted by molar-refractivity contribution is 5.31. The number of benzene rings is 1. The van der Waals surface area contributed by atoms with Gasteiger partial charge in [0.15, 0.2) is 0 Å². The molecule has 1 rings (SSSR count). The molecule has 1 N–H and O–H groups in total. The van der Waals surface area contributed by atoms with Crippen molar-refractivity contribution in [3.05, 3.63) is 36.8 Å². The van der Waals surface area contributed by atoms with Crippen LogP contribution in [0.4, 0.5) is 0 Å². The zero-order valence-electron chi connectivity index (χ0n) is 30.0. The Morgan fingerprint density at radius 2 is 0.795 bits per heavy atom. The minimum absolute atomic E-state index is 0.154. The van der Waals surface area contributed by atoms with Crippen molar-refractivity contribution in [1.29, 1.82) is 0 Å². The number of aliphatic hydroxyl groups is 1. The molecule has 0 saturated carbocycles. The highest BCUT2D eigenvalue weighted by Gasteiger charge is 2.13. The Kier molecular flexibility index (Phi) is 27.4. The SMILES string of the molecule is [CH]CCCCCCCCCCCCCCCCCCCCCCCCCCCCCC(O)COc1ccc(C(C)(C)C)cc1. The van der Waals surface area contributed by atoms with Crippen molar-refractivity contribution in [1.82, 2.24) is 0 Å². The summed E-state index contributed by atoms with van der Waals surface area (Å²) in [6.45, 7) is 12.6. The lowest BCUT2D eigenvalue weighted by atomic mass is 9.87. The standard InChI is InChI=1S/C42H76O2/c1-5-6-7-8-9-10-11-12-13-14-15-16-17-18-19-20-21-22-23-24-25-26-27-28-29-30-31-32-33-40(43)38-44-41-36-34-39(35-37-41)42(2,3)4/h1,34-37,40,43H,5-33,38H2,2-4H3. The van der Waals surface area contributed by atoms with Crippen LogP contribution < -0.4 is 4.74 Å². The lowest BCUT2D eigenvalue weighted by molar-refractivity contribution is 0.0974. The van der Waals surface area contributed by atoms with E-state index in [2.05, 4.69) is 32.9 Å². The third kappa shape index (κ3) is 26.2. The zero-order valence-corrected chi connectivity index (χ0v) is 30.0. The summed E-state index contributed by atoms with van der Waals surface area (Å²) in [5.74, 6) is 0.852. The summed E-state index contributed by atoms with van der Waals surface area (Å²) in [5, 5.41) is 10.3. The summed E-state index contributed by atoms with van der Waals surface area (Å²) in [5.41, 5.74) is 1.46. The molecule has 0 amide bonds. The molecule has 0 heterocycles. The van der Waals surface area contributed by atoms with Crippen molar-refractivity contribution in [2.24, 2.45) is 0 Å². The van der Waals surface area contributed by atoms with Crippen molar-refractivity contribution < 1.29 is 9.84 Å². The molecule has 0 fully saturated rings. The third-order valence-electron chi connectivity index (χ3n) is 9.40. The fraction of sp³-hybridized carbons (Fsp3) is 0.833. The Morgan fingerprint density at radius 3 is 1.09 bits per heavy atom. The van der Waals surface area contributed by atoms with Crippen molar-refractivity contribution in [3.63, 3.8) is 0 Å². The molecule has 1 atom stereocenters. The van der Waals surface area contributed by atoms with E-state index in [1.165, 1.54) is 173 Å². The molecule has 0 aliphatic heterocycles. The van der Waals surface area contributed by atoms with Crippen LogP contribution in [0.2, 0.25) is 0 Å². The first-order valence-corrected chi connectivity index (χ1v) is 19.5. The van der Waals surface area contributed by atoms with Crippen LogP contribution in [0.1, 0.15) is 213 Å². The molecule has 0 aliphatic carbocycles. The first-order chi connectivity index (χ1) is 21.4. The van der Waals surface area contributed by atoms with Crippen LogP contribution in [0, 0.1) is 6.92 Å². The Morgan fingerprint density at radius 1 is 0.500 bits per heavy atom. The first kappa shape index (κ1) is 41.0. The summed E-state index contributed by atoms with van der Waals surface area (Å²) in [6, 6.07) is 8.30. The number of ether oxygens (including phenoxy) is 1. The van der Waals surface area contributed by atoms with Crippen LogP contribution in [0.15, 0.2) is 24.3 Å². The fourth-order valence-corrected chi connectivity index (χ4v) is 6.27. The second-order valence-corrected chi connectivity index (χ2v) is 14.9. The average Bonchev–Trinajstić information content (AvgIpc) is 3.01. The first-order valence-electron chi connectivity index (χ1n) is 19.5. The largest absolute Gasteiger partial charge is 0.491 e. The molecule has 0 aliphatic rings. The maximum Gasteiger partial charge on any atom is 0.119 e. The van der Waals surface area contributed by atoms with E-state index in [4.69, 9.17) is 11.7 Å². The van der Waals surface area contributed by atoms with Gasteiger partial charge in [-0.05, 0) is 42.9 Å². The van der Waals surface area contributed by atoms with Gasteiger partial charge in [0.25, 0.3) is 0 Å². The number of hydrogen-bond donors (Lipinski definition) is 1. The van der Waals surface area contributed by atoms with E-state index in [0.29, 0.717) is 6.61 Å². The Hall–Kier alpha value is -1.02. The predicted octanol–water partition coefficient (Wildman–Crippen LogP) is 13.7. The van der Waals surface area contributed by atoms with Crippen LogP contribution in [-0.2, 0) is 5.41 Å². The maximum absolute atomic E-state index is 10.3. The van der Waals surface area contributed by atoms with Crippen molar-refractivity contribution >= 4 is 0 Å². The molecule has 2 heteroatoms. The Labute approximate surface area is 276 Å². The smallest absolute Gasteiger partial charge is 0.119 e. The molecule has 0 aromatic heterocycles. The molecule has 0 bridgehead atoms. The van der Waals surface area contributed by atoms with Gasteiger partial charge >= 0.3 is 0 Å². The summed E-state index contributed by atoms with van der Waals surface area (Å²) in [4.78, 5) is 0. The molecular formula is C42H76O2. The molecule has 1 unspecified atom stereocenters. The topological polar surface area (TPSA) is 29.5 Å². The van der Waals surface area contributed by atoms with Crippen LogP contribution >= 0.6 is 0 Å². The van der Waals surface area contributed by atoms with Gasteiger partial charge in [0.2, 0.25) is 0 Å². The number of unbranched alkanes of at least 4 members (excludes halogenated alkanes) is 27. The quantitative estimate of drug-likeness (QED) is 0.0820. The van der Waals surface area contributed by atoms with Crippen LogP contribution in [0.5, 0.6) is 5.75 Å². The van der Waals surface area contributed by atoms with Gasteiger partial charge in [-0.1, -0.05) is 206 Å². The summed E-state index contributed by atoms with van der Waals surface area (Å²) in [7, 11) is 0. The van der Waals surface area contributed by atoms with E-state index in [9.17, 15) is 5.11 Å². The third-order valence-corrected chi connectivity index (χ3v) is 9.40. The molecule has 1 aromatic rings. The molecule has 2 nitrogen and oxygen atoms in total. The number of aliphatic hydroxyl groups excluding tert-OH is 1. The maximum atomic E-state index is 10.3. The number of hydrogen-bond acceptors (Lipinski definition) is 2. The van der Waals surface area contributed by atoms with E-state index < -0.39 is 0 Å². The van der Waals surface area contributed by atoms with E-state index in [0.717, 1.165) is 25.0 Å². The van der Waals surface area contributed by atoms with Gasteiger partial charge in [-0.15, -0.1) is 0 Å².